The second-order valence-corrected chi connectivity index (χ2v) is 5.03. The summed E-state index contributed by atoms with van der Waals surface area (Å²) in [6.45, 7) is 2.63. The first-order chi connectivity index (χ1) is 10.7. The van der Waals surface area contributed by atoms with E-state index in [-0.39, 0.29) is 0 Å². The van der Waals surface area contributed by atoms with Crippen molar-refractivity contribution < 1.29 is 9.47 Å². The zero-order valence-electron chi connectivity index (χ0n) is 12.7. The lowest BCUT2D eigenvalue weighted by molar-refractivity contribution is 0.294. The van der Waals surface area contributed by atoms with Gasteiger partial charge in [-0.05, 0) is 36.2 Å². The Balaban J connectivity index is 2.12. The van der Waals surface area contributed by atoms with Gasteiger partial charge in [-0.1, -0.05) is 36.7 Å². The molecule has 2 rings (SSSR count). The molecule has 2 aromatic carbocycles. The molecule has 0 aliphatic rings. The van der Waals surface area contributed by atoms with Crippen LogP contribution >= 0.6 is 11.6 Å². The SMILES string of the molecule is CCCOc1c(Cl)cc(C=NNc2ccccc2)cc1OC. The van der Waals surface area contributed by atoms with Gasteiger partial charge in [0.2, 0.25) is 0 Å². The molecule has 116 valence electrons. The second kappa shape index (κ2) is 8.29. The smallest absolute Gasteiger partial charge is 0.179 e. The zero-order chi connectivity index (χ0) is 15.8. The zero-order valence-corrected chi connectivity index (χ0v) is 13.4. The third kappa shape index (κ3) is 4.40. The van der Waals surface area contributed by atoms with Gasteiger partial charge in [-0.25, -0.2) is 0 Å². The Hall–Kier alpha value is -2.20. The molecule has 22 heavy (non-hydrogen) atoms. The van der Waals surface area contributed by atoms with Crippen molar-refractivity contribution >= 4 is 23.5 Å². The Morgan fingerprint density at radius 1 is 1.23 bits per heavy atom. The minimum absolute atomic E-state index is 0.508. The van der Waals surface area contributed by atoms with Crippen molar-refractivity contribution in [3.05, 3.63) is 53.1 Å². The summed E-state index contributed by atoms with van der Waals surface area (Å²) in [5, 5.41) is 4.70. The van der Waals surface area contributed by atoms with Gasteiger partial charge in [0.25, 0.3) is 0 Å². The molecule has 0 radical (unpaired) electrons. The largest absolute Gasteiger partial charge is 0.493 e. The number of halogens is 1. The van der Waals surface area contributed by atoms with Crippen molar-refractivity contribution in [3.63, 3.8) is 0 Å². The average Bonchev–Trinajstić information content (AvgIpc) is 2.54. The number of nitrogens with one attached hydrogen (secondary N) is 1. The van der Waals surface area contributed by atoms with Gasteiger partial charge in [0.1, 0.15) is 0 Å². The maximum absolute atomic E-state index is 6.26. The molecule has 0 heterocycles. The van der Waals surface area contributed by atoms with E-state index in [1.165, 1.54) is 0 Å². The Kier molecular flexibility index (Phi) is 6.10. The van der Waals surface area contributed by atoms with Crippen LogP contribution in [0, 0.1) is 0 Å². The molecule has 4 nitrogen and oxygen atoms in total. The van der Waals surface area contributed by atoms with Gasteiger partial charge < -0.3 is 9.47 Å². The van der Waals surface area contributed by atoms with Crippen LogP contribution in [0.4, 0.5) is 5.69 Å². The number of para-hydroxylation sites is 1. The van der Waals surface area contributed by atoms with E-state index in [1.807, 2.05) is 43.3 Å². The molecule has 0 aliphatic carbocycles. The van der Waals surface area contributed by atoms with Gasteiger partial charge in [-0.3, -0.25) is 5.43 Å². The molecule has 0 bridgehead atoms. The number of anilines is 1. The Labute approximate surface area is 135 Å². The molecular formula is C17H19ClN2O2. The van der Waals surface area contributed by atoms with Crippen molar-refractivity contribution in [1.29, 1.82) is 0 Å². The fraction of sp³-hybridized carbons (Fsp3) is 0.235. The average molecular weight is 319 g/mol. The van der Waals surface area contributed by atoms with Crippen molar-refractivity contribution in [2.75, 3.05) is 19.1 Å². The summed E-state index contributed by atoms with van der Waals surface area (Å²) in [4.78, 5) is 0. The van der Waals surface area contributed by atoms with Crippen LogP contribution in [0.3, 0.4) is 0 Å². The quantitative estimate of drug-likeness (QED) is 0.600. The van der Waals surface area contributed by atoms with E-state index in [1.54, 1.807) is 19.4 Å². The van der Waals surface area contributed by atoms with Crippen LogP contribution in [0.1, 0.15) is 18.9 Å². The molecule has 0 aliphatic heterocycles. The highest BCUT2D eigenvalue weighted by atomic mass is 35.5. The van der Waals surface area contributed by atoms with Crippen molar-refractivity contribution in [2.24, 2.45) is 5.10 Å². The standard InChI is InChI=1S/C17H19ClN2O2/c1-3-9-22-17-15(18)10-13(11-16(17)21-2)12-19-20-14-7-5-4-6-8-14/h4-8,10-12,20H,3,9H2,1-2H3. The second-order valence-electron chi connectivity index (χ2n) is 4.62. The first kappa shape index (κ1) is 16.2. The summed E-state index contributed by atoms with van der Waals surface area (Å²) in [5.74, 6) is 1.17. The van der Waals surface area contributed by atoms with Crippen LogP contribution in [0.15, 0.2) is 47.6 Å². The Morgan fingerprint density at radius 3 is 2.68 bits per heavy atom. The number of hydrazone groups is 1. The first-order valence-corrected chi connectivity index (χ1v) is 7.47. The summed E-state index contributed by atoms with van der Waals surface area (Å²) in [5.41, 5.74) is 4.70. The number of hydrogen-bond acceptors (Lipinski definition) is 4. The van der Waals surface area contributed by atoms with E-state index in [4.69, 9.17) is 21.1 Å². The fourth-order valence-electron chi connectivity index (χ4n) is 1.85. The summed E-state index contributed by atoms with van der Waals surface area (Å²) in [6.07, 6.45) is 2.59. The molecule has 0 unspecified atom stereocenters. The van der Waals surface area contributed by atoms with Gasteiger partial charge in [0.15, 0.2) is 11.5 Å². The Bertz CT molecular complexity index is 630. The van der Waals surface area contributed by atoms with E-state index in [2.05, 4.69) is 10.5 Å². The number of rotatable bonds is 7. The molecule has 0 amide bonds. The van der Waals surface area contributed by atoms with Gasteiger partial charge >= 0.3 is 0 Å². The van der Waals surface area contributed by atoms with Gasteiger partial charge in [0.05, 0.1) is 30.6 Å². The fourth-order valence-corrected chi connectivity index (χ4v) is 2.13. The third-order valence-corrected chi connectivity index (χ3v) is 3.16. The van der Waals surface area contributed by atoms with Crippen LogP contribution < -0.4 is 14.9 Å². The highest BCUT2D eigenvalue weighted by Gasteiger charge is 2.11. The summed E-state index contributed by atoms with van der Waals surface area (Å²) >= 11 is 6.26. The monoisotopic (exact) mass is 318 g/mol. The maximum atomic E-state index is 6.26. The van der Waals surface area contributed by atoms with Crippen molar-refractivity contribution in [2.45, 2.75) is 13.3 Å². The molecule has 0 fully saturated rings. The molecule has 1 N–H and O–H groups in total. The van der Waals surface area contributed by atoms with Gasteiger partial charge in [-0.15, -0.1) is 0 Å². The molecule has 0 saturated carbocycles. The van der Waals surface area contributed by atoms with Crippen LogP contribution in [0.25, 0.3) is 0 Å². The molecule has 0 saturated heterocycles. The van der Waals surface area contributed by atoms with Crippen LogP contribution in [-0.4, -0.2) is 19.9 Å². The van der Waals surface area contributed by atoms with Crippen molar-refractivity contribution in [1.82, 2.24) is 0 Å². The Morgan fingerprint density at radius 2 is 2.00 bits per heavy atom. The van der Waals surface area contributed by atoms with E-state index in [0.717, 1.165) is 17.7 Å². The highest BCUT2D eigenvalue weighted by molar-refractivity contribution is 6.32. The molecule has 0 spiro atoms. The maximum Gasteiger partial charge on any atom is 0.179 e. The number of ether oxygens (including phenoxy) is 2. The summed E-state index contributed by atoms with van der Waals surface area (Å²) < 4.78 is 11.0. The van der Waals surface area contributed by atoms with Gasteiger partial charge in [0, 0.05) is 0 Å². The lowest BCUT2D eigenvalue weighted by Gasteiger charge is -2.12. The van der Waals surface area contributed by atoms with E-state index >= 15 is 0 Å². The first-order valence-electron chi connectivity index (χ1n) is 7.09. The van der Waals surface area contributed by atoms with E-state index < -0.39 is 0 Å². The van der Waals surface area contributed by atoms with Crippen LogP contribution in [0.5, 0.6) is 11.5 Å². The van der Waals surface area contributed by atoms with Crippen LogP contribution in [-0.2, 0) is 0 Å². The third-order valence-electron chi connectivity index (χ3n) is 2.88. The summed E-state index contributed by atoms with van der Waals surface area (Å²) in [7, 11) is 1.59. The molecular weight excluding hydrogens is 300 g/mol. The predicted octanol–water partition coefficient (Wildman–Crippen LogP) is 4.58. The molecule has 5 heteroatoms. The van der Waals surface area contributed by atoms with E-state index in [0.29, 0.717) is 23.1 Å². The minimum Gasteiger partial charge on any atom is -0.493 e. The van der Waals surface area contributed by atoms with Crippen LogP contribution in [0.2, 0.25) is 5.02 Å². The number of nitrogens with zero attached hydrogens (tertiary/aromatic N) is 1. The number of benzene rings is 2. The lowest BCUT2D eigenvalue weighted by atomic mass is 10.2. The van der Waals surface area contributed by atoms with Crippen molar-refractivity contribution in [3.8, 4) is 11.5 Å². The minimum atomic E-state index is 0.508. The topological polar surface area (TPSA) is 42.8 Å². The summed E-state index contributed by atoms with van der Waals surface area (Å²) in [6, 6.07) is 13.3. The lowest BCUT2D eigenvalue weighted by Crippen LogP contribution is -2.00. The molecule has 2 aromatic rings. The van der Waals surface area contributed by atoms with Gasteiger partial charge in [-0.2, -0.15) is 5.10 Å². The normalized spacial score (nSPS) is 10.7. The number of methoxy groups -OCH3 is 1. The molecule has 0 aromatic heterocycles. The predicted molar refractivity (Wildman–Crippen MR) is 91.4 cm³/mol. The number of hydrogen-bond donors (Lipinski definition) is 1. The van der Waals surface area contributed by atoms with E-state index in [9.17, 15) is 0 Å². The highest BCUT2D eigenvalue weighted by Crippen LogP contribution is 2.36. The molecule has 0 atom stereocenters.